The fraction of sp³-hybridized carbons (Fsp3) is 0.125. The predicted molar refractivity (Wildman–Crippen MR) is 80.2 cm³/mol. The Hall–Kier alpha value is -1.80. The summed E-state index contributed by atoms with van der Waals surface area (Å²) >= 11 is 6.06. The van der Waals surface area contributed by atoms with E-state index >= 15 is 0 Å². The standard InChI is InChI=1S/C16H15ClFN/c1-11(12(2)17)15-5-3-4-6-16(15)19-14-9-7-13(18)8-10-14/h3-10,19H,1-2H3/b12-11-. The number of benzene rings is 2. The lowest BCUT2D eigenvalue weighted by molar-refractivity contribution is 0.628. The largest absolute Gasteiger partial charge is 0.355 e. The molecule has 19 heavy (non-hydrogen) atoms. The van der Waals surface area contributed by atoms with E-state index in [1.807, 2.05) is 38.1 Å². The molecule has 0 saturated heterocycles. The Morgan fingerprint density at radius 3 is 2.26 bits per heavy atom. The summed E-state index contributed by atoms with van der Waals surface area (Å²) in [6.45, 7) is 3.85. The smallest absolute Gasteiger partial charge is 0.123 e. The number of anilines is 2. The van der Waals surface area contributed by atoms with Gasteiger partial charge in [-0.05, 0) is 49.8 Å². The third kappa shape index (κ3) is 3.36. The Kier molecular flexibility index (Phi) is 4.23. The second-order valence-electron chi connectivity index (χ2n) is 4.34. The molecule has 98 valence electrons. The summed E-state index contributed by atoms with van der Waals surface area (Å²) in [4.78, 5) is 0. The summed E-state index contributed by atoms with van der Waals surface area (Å²) in [5.41, 5.74) is 3.85. The molecule has 0 unspecified atom stereocenters. The van der Waals surface area contributed by atoms with Gasteiger partial charge in [-0.1, -0.05) is 29.8 Å². The van der Waals surface area contributed by atoms with E-state index in [4.69, 9.17) is 11.6 Å². The van der Waals surface area contributed by atoms with Gasteiger partial charge >= 0.3 is 0 Å². The summed E-state index contributed by atoms with van der Waals surface area (Å²) in [6.07, 6.45) is 0. The number of hydrogen-bond acceptors (Lipinski definition) is 1. The van der Waals surface area contributed by atoms with Crippen LogP contribution in [0.25, 0.3) is 5.57 Å². The molecule has 0 aliphatic carbocycles. The summed E-state index contributed by atoms with van der Waals surface area (Å²) in [5.74, 6) is -0.244. The average Bonchev–Trinajstić information content (AvgIpc) is 2.41. The highest BCUT2D eigenvalue weighted by Crippen LogP contribution is 2.29. The van der Waals surface area contributed by atoms with Gasteiger partial charge in [-0.2, -0.15) is 0 Å². The predicted octanol–water partition coefficient (Wildman–Crippen LogP) is 5.56. The molecular formula is C16H15ClFN. The van der Waals surface area contributed by atoms with Crippen LogP contribution in [0.15, 0.2) is 53.6 Å². The zero-order valence-corrected chi connectivity index (χ0v) is 11.6. The summed E-state index contributed by atoms with van der Waals surface area (Å²) in [6, 6.07) is 14.2. The van der Waals surface area contributed by atoms with Crippen LogP contribution in [0.5, 0.6) is 0 Å². The number of hydrogen-bond donors (Lipinski definition) is 1. The quantitative estimate of drug-likeness (QED) is 0.773. The van der Waals surface area contributed by atoms with Gasteiger partial charge in [0.2, 0.25) is 0 Å². The maximum atomic E-state index is 12.9. The van der Waals surface area contributed by atoms with Gasteiger partial charge in [-0.15, -0.1) is 0 Å². The zero-order valence-electron chi connectivity index (χ0n) is 10.9. The van der Waals surface area contributed by atoms with Crippen molar-refractivity contribution in [3.8, 4) is 0 Å². The second kappa shape index (κ2) is 5.89. The molecule has 1 N–H and O–H groups in total. The molecule has 2 rings (SSSR count). The normalized spacial score (nSPS) is 12.0. The molecule has 0 spiro atoms. The van der Waals surface area contributed by atoms with E-state index in [2.05, 4.69) is 5.32 Å². The third-order valence-corrected chi connectivity index (χ3v) is 3.25. The number of rotatable bonds is 3. The van der Waals surface area contributed by atoms with Gasteiger partial charge in [0, 0.05) is 22.0 Å². The Labute approximate surface area is 117 Å². The Morgan fingerprint density at radius 1 is 1.00 bits per heavy atom. The monoisotopic (exact) mass is 275 g/mol. The van der Waals surface area contributed by atoms with Crippen molar-refractivity contribution >= 4 is 28.5 Å². The van der Waals surface area contributed by atoms with Gasteiger partial charge in [0.1, 0.15) is 5.82 Å². The molecule has 0 bridgehead atoms. The third-order valence-electron chi connectivity index (χ3n) is 2.97. The van der Waals surface area contributed by atoms with Crippen LogP contribution < -0.4 is 5.32 Å². The van der Waals surface area contributed by atoms with E-state index < -0.39 is 0 Å². The minimum Gasteiger partial charge on any atom is -0.355 e. The van der Waals surface area contributed by atoms with Crippen molar-refractivity contribution < 1.29 is 4.39 Å². The first-order chi connectivity index (χ1) is 9.08. The van der Waals surface area contributed by atoms with Gasteiger partial charge in [-0.25, -0.2) is 4.39 Å². The molecule has 0 aliphatic rings. The van der Waals surface area contributed by atoms with Crippen LogP contribution in [-0.4, -0.2) is 0 Å². The van der Waals surface area contributed by atoms with Crippen molar-refractivity contribution in [2.75, 3.05) is 5.32 Å². The van der Waals surface area contributed by atoms with E-state index in [9.17, 15) is 4.39 Å². The fourth-order valence-corrected chi connectivity index (χ4v) is 1.90. The molecule has 3 heteroatoms. The van der Waals surface area contributed by atoms with E-state index in [0.29, 0.717) is 0 Å². The van der Waals surface area contributed by atoms with Crippen LogP contribution in [0.4, 0.5) is 15.8 Å². The molecular weight excluding hydrogens is 261 g/mol. The molecule has 0 radical (unpaired) electrons. The first-order valence-electron chi connectivity index (χ1n) is 6.03. The fourth-order valence-electron chi connectivity index (χ4n) is 1.79. The van der Waals surface area contributed by atoms with Gasteiger partial charge in [0.05, 0.1) is 0 Å². The van der Waals surface area contributed by atoms with Crippen molar-refractivity contribution in [3.05, 3.63) is 64.9 Å². The number of allylic oxidation sites excluding steroid dienone is 2. The minimum absolute atomic E-state index is 0.244. The Morgan fingerprint density at radius 2 is 1.63 bits per heavy atom. The second-order valence-corrected chi connectivity index (χ2v) is 4.90. The molecule has 1 nitrogen and oxygen atoms in total. The summed E-state index contributed by atoms with van der Waals surface area (Å²) < 4.78 is 12.9. The first-order valence-corrected chi connectivity index (χ1v) is 6.40. The minimum atomic E-state index is -0.244. The molecule has 0 aromatic heterocycles. The number of para-hydroxylation sites is 1. The number of nitrogens with one attached hydrogen (secondary N) is 1. The molecule has 0 saturated carbocycles. The highest BCUT2D eigenvalue weighted by molar-refractivity contribution is 6.32. The van der Waals surface area contributed by atoms with Crippen LogP contribution in [0.2, 0.25) is 0 Å². The molecule has 0 heterocycles. The topological polar surface area (TPSA) is 12.0 Å². The lowest BCUT2D eigenvalue weighted by Crippen LogP contribution is -1.95. The van der Waals surface area contributed by atoms with Crippen LogP contribution >= 0.6 is 11.6 Å². The lowest BCUT2D eigenvalue weighted by atomic mass is 10.0. The lowest BCUT2D eigenvalue weighted by Gasteiger charge is -2.13. The Bertz CT molecular complexity index is 598. The van der Waals surface area contributed by atoms with Crippen LogP contribution in [0, 0.1) is 5.82 Å². The Balaban J connectivity index is 2.36. The van der Waals surface area contributed by atoms with Crippen molar-refractivity contribution in [1.29, 1.82) is 0 Å². The zero-order chi connectivity index (χ0) is 13.8. The van der Waals surface area contributed by atoms with Crippen molar-refractivity contribution in [1.82, 2.24) is 0 Å². The van der Waals surface area contributed by atoms with Gasteiger partial charge in [0.25, 0.3) is 0 Å². The molecule has 0 aliphatic heterocycles. The highest BCUT2D eigenvalue weighted by atomic mass is 35.5. The first kappa shape index (κ1) is 13.6. The summed E-state index contributed by atoms with van der Waals surface area (Å²) in [7, 11) is 0. The molecule has 0 fully saturated rings. The van der Waals surface area contributed by atoms with E-state index in [0.717, 1.165) is 27.5 Å². The maximum Gasteiger partial charge on any atom is 0.123 e. The van der Waals surface area contributed by atoms with E-state index in [1.54, 1.807) is 12.1 Å². The van der Waals surface area contributed by atoms with Crippen LogP contribution in [-0.2, 0) is 0 Å². The molecule has 0 amide bonds. The highest BCUT2D eigenvalue weighted by Gasteiger charge is 2.06. The van der Waals surface area contributed by atoms with Crippen LogP contribution in [0.1, 0.15) is 19.4 Å². The van der Waals surface area contributed by atoms with Crippen molar-refractivity contribution in [2.45, 2.75) is 13.8 Å². The molecule has 2 aromatic rings. The SMILES string of the molecule is C/C(Cl)=C(\C)c1ccccc1Nc1ccc(F)cc1. The summed E-state index contributed by atoms with van der Waals surface area (Å²) in [5, 5.41) is 4.03. The van der Waals surface area contributed by atoms with Gasteiger partial charge in [0.15, 0.2) is 0 Å². The van der Waals surface area contributed by atoms with Crippen LogP contribution in [0.3, 0.4) is 0 Å². The van der Waals surface area contributed by atoms with E-state index in [1.165, 1.54) is 12.1 Å². The van der Waals surface area contributed by atoms with E-state index in [-0.39, 0.29) is 5.82 Å². The van der Waals surface area contributed by atoms with Gasteiger partial charge in [-0.3, -0.25) is 0 Å². The van der Waals surface area contributed by atoms with Crippen molar-refractivity contribution in [3.63, 3.8) is 0 Å². The molecule has 2 aromatic carbocycles. The maximum absolute atomic E-state index is 12.9. The van der Waals surface area contributed by atoms with Crippen molar-refractivity contribution in [2.24, 2.45) is 0 Å². The number of halogens is 2. The average molecular weight is 276 g/mol. The van der Waals surface area contributed by atoms with Gasteiger partial charge < -0.3 is 5.32 Å². The molecule has 0 atom stereocenters.